The van der Waals surface area contributed by atoms with E-state index in [1.54, 1.807) is 6.92 Å². The van der Waals surface area contributed by atoms with Crippen molar-refractivity contribution >= 4 is 23.5 Å². The zero-order valence-electron chi connectivity index (χ0n) is 9.20. The normalized spacial score (nSPS) is 9.76. The van der Waals surface area contributed by atoms with Gasteiger partial charge in [-0.05, 0) is 25.1 Å². The van der Waals surface area contributed by atoms with E-state index in [2.05, 4.69) is 10.1 Å². The second kappa shape index (κ2) is 6.10. The Balaban J connectivity index is 2.58. The van der Waals surface area contributed by atoms with E-state index >= 15 is 0 Å². The van der Waals surface area contributed by atoms with Crippen molar-refractivity contribution in [2.24, 2.45) is 0 Å². The molecule has 0 radical (unpaired) electrons. The molecule has 0 atom stereocenters. The quantitative estimate of drug-likeness (QED) is 0.809. The molecule has 1 aromatic rings. The van der Waals surface area contributed by atoms with Gasteiger partial charge in [-0.1, -0.05) is 11.6 Å². The van der Waals surface area contributed by atoms with E-state index in [4.69, 9.17) is 11.6 Å². The van der Waals surface area contributed by atoms with Gasteiger partial charge in [0.2, 0.25) is 0 Å². The maximum atomic E-state index is 11.6. The van der Waals surface area contributed by atoms with Gasteiger partial charge in [0, 0.05) is 5.56 Å². The van der Waals surface area contributed by atoms with Gasteiger partial charge in [-0.3, -0.25) is 4.79 Å². The summed E-state index contributed by atoms with van der Waals surface area (Å²) < 4.78 is 4.60. The maximum absolute atomic E-state index is 11.6. The van der Waals surface area contributed by atoms with Crippen LogP contribution in [0.4, 0.5) is 4.79 Å². The summed E-state index contributed by atoms with van der Waals surface area (Å²) in [5.74, 6) is -0.415. The smallest absolute Gasteiger partial charge is 0.407 e. The van der Waals surface area contributed by atoms with Gasteiger partial charge in [-0.15, -0.1) is 0 Å². The van der Waals surface area contributed by atoms with Gasteiger partial charge < -0.3 is 15.2 Å². The van der Waals surface area contributed by atoms with Crippen molar-refractivity contribution in [1.82, 2.24) is 5.32 Å². The number of phenols is 1. The van der Waals surface area contributed by atoms with Gasteiger partial charge in [0.15, 0.2) is 5.78 Å². The fraction of sp³-hybridized carbons (Fsp3) is 0.273. The molecule has 0 aliphatic rings. The molecule has 0 aliphatic carbocycles. The lowest BCUT2D eigenvalue weighted by Gasteiger charge is -2.05. The van der Waals surface area contributed by atoms with E-state index in [1.807, 2.05) is 0 Å². The number of nitrogens with one attached hydrogen (secondary N) is 1. The van der Waals surface area contributed by atoms with Crippen LogP contribution in [0.5, 0.6) is 5.75 Å². The highest BCUT2D eigenvalue weighted by molar-refractivity contribution is 6.32. The van der Waals surface area contributed by atoms with Crippen LogP contribution >= 0.6 is 11.6 Å². The number of hydrogen-bond donors (Lipinski definition) is 2. The molecule has 0 saturated carbocycles. The molecule has 0 spiro atoms. The SMILES string of the molecule is CCOC(=O)NCC(=O)c1ccc(O)c(Cl)c1. The molecule has 0 aromatic heterocycles. The molecular weight excluding hydrogens is 246 g/mol. The number of carbonyl (C=O) groups is 2. The summed E-state index contributed by atoms with van der Waals surface area (Å²) in [6, 6.07) is 4.09. The van der Waals surface area contributed by atoms with Gasteiger partial charge in [0.05, 0.1) is 18.2 Å². The molecule has 0 bridgehead atoms. The van der Waals surface area contributed by atoms with Crippen molar-refractivity contribution in [3.8, 4) is 5.75 Å². The molecule has 2 N–H and O–H groups in total. The Morgan fingerprint density at radius 3 is 2.76 bits per heavy atom. The predicted molar refractivity (Wildman–Crippen MR) is 62.5 cm³/mol. The van der Waals surface area contributed by atoms with Crippen molar-refractivity contribution < 1.29 is 19.4 Å². The first-order valence-electron chi connectivity index (χ1n) is 4.97. The molecule has 0 heterocycles. The summed E-state index contributed by atoms with van der Waals surface area (Å²) in [5, 5.41) is 11.6. The lowest BCUT2D eigenvalue weighted by molar-refractivity contribution is 0.0979. The second-order valence-corrected chi connectivity index (χ2v) is 3.57. The predicted octanol–water partition coefficient (Wildman–Crippen LogP) is 1.97. The average Bonchev–Trinajstić information content (AvgIpc) is 2.30. The minimum absolute atomic E-state index is 0.0898. The van der Waals surface area contributed by atoms with Crippen LogP contribution in [0.3, 0.4) is 0 Å². The van der Waals surface area contributed by atoms with Crippen LogP contribution in [0.2, 0.25) is 5.02 Å². The minimum atomic E-state index is -0.647. The van der Waals surface area contributed by atoms with E-state index < -0.39 is 6.09 Å². The topological polar surface area (TPSA) is 75.6 Å². The van der Waals surface area contributed by atoms with Gasteiger partial charge in [-0.25, -0.2) is 4.79 Å². The fourth-order valence-electron chi connectivity index (χ4n) is 1.12. The third kappa shape index (κ3) is 3.96. The maximum Gasteiger partial charge on any atom is 0.407 e. The van der Waals surface area contributed by atoms with E-state index in [1.165, 1.54) is 18.2 Å². The molecule has 0 fully saturated rings. The van der Waals surface area contributed by atoms with E-state index in [-0.39, 0.29) is 29.7 Å². The summed E-state index contributed by atoms with van der Waals surface area (Å²) in [6.07, 6.45) is -0.647. The number of ether oxygens (including phenoxy) is 1. The number of aromatic hydroxyl groups is 1. The Bertz CT molecular complexity index is 433. The molecular formula is C11H12ClNO4. The van der Waals surface area contributed by atoms with Crippen molar-refractivity contribution in [3.63, 3.8) is 0 Å². The molecule has 17 heavy (non-hydrogen) atoms. The lowest BCUT2D eigenvalue weighted by Crippen LogP contribution is -2.30. The van der Waals surface area contributed by atoms with Gasteiger partial charge in [0.25, 0.3) is 0 Å². The molecule has 92 valence electrons. The molecule has 1 rings (SSSR count). The van der Waals surface area contributed by atoms with Gasteiger partial charge >= 0.3 is 6.09 Å². The third-order valence-corrected chi connectivity index (χ3v) is 2.24. The summed E-state index contributed by atoms with van der Waals surface area (Å²) in [6.45, 7) is 1.73. The largest absolute Gasteiger partial charge is 0.506 e. The van der Waals surface area contributed by atoms with Gasteiger partial charge in [0.1, 0.15) is 5.75 Å². The summed E-state index contributed by atoms with van der Waals surface area (Å²) in [4.78, 5) is 22.6. The first-order valence-corrected chi connectivity index (χ1v) is 5.34. The number of halogens is 1. The highest BCUT2D eigenvalue weighted by Gasteiger charge is 2.10. The number of carbonyl (C=O) groups excluding carboxylic acids is 2. The Labute approximate surface area is 103 Å². The zero-order chi connectivity index (χ0) is 12.8. The van der Waals surface area contributed by atoms with Crippen LogP contribution in [0.1, 0.15) is 17.3 Å². The fourth-order valence-corrected chi connectivity index (χ4v) is 1.30. The van der Waals surface area contributed by atoms with Crippen LogP contribution in [0.15, 0.2) is 18.2 Å². The molecule has 6 heteroatoms. The summed E-state index contributed by atoms with van der Waals surface area (Å²) >= 11 is 5.66. The Kier molecular flexibility index (Phi) is 4.78. The van der Waals surface area contributed by atoms with E-state index in [0.29, 0.717) is 5.56 Å². The summed E-state index contributed by atoms with van der Waals surface area (Å²) in [5.41, 5.74) is 0.310. The number of alkyl carbamates (subject to hydrolysis) is 1. The van der Waals surface area contributed by atoms with Crippen LogP contribution in [0, 0.1) is 0 Å². The Morgan fingerprint density at radius 1 is 1.47 bits per heavy atom. The summed E-state index contributed by atoms with van der Waals surface area (Å²) in [7, 11) is 0. The van der Waals surface area contributed by atoms with Crippen molar-refractivity contribution in [2.75, 3.05) is 13.2 Å². The van der Waals surface area contributed by atoms with Crippen molar-refractivity contribution in [3.05, 3.63) is 28.8 Å². The third-order valence-electron chi connectivity index (χ3n) is 1.94. The number of amides is 1. The zero-order valence-corrected chi connectivity index (χ0v) is 9.95. The number of phenolic OH excluding ortho intramolecular Hbond substituents is 1. The number of hydrogen-bond acceptors (Lipinski definition) is 4. The number of Topliss-reactive ketones (excluding diaryl/α,β-unsaturated/α-hetero) is 1. The molecule has 0 unspecified atom stereocenters. The monoisotopic (exact) mass is 257 g/mol. The number of rotatable bonds is 4. The van der Waals surface area contributed by atoms with Crippen molar-refractivity contribution in [1.29, 1.82) is 0 Å². The molecule has 0 saturated heterocycles. The van der Waals surface area contributed by atoms with Crippen LogP contribution in [-0.2, 0) is 4.74 Å². The average molecular weight is 258 g/mol. The number of benzene rings is 1. The van der Waals surface area contributed by atoms with Crippen LogP contribution in [0.25, 0.3) is 0 Å². The van der Waals surface area contributed by atoms with Gasteiger partial charge in [-0.2, -0.15) is 0 Å². The van der Waals surface area contributed by atoms with Crippen molar-refractivity contribution in [2.45, 2.75) is 6.92 Å². The number of ketones is 1. The molecule has 5 nitrogen and oxygen atoms in total. The Morgan fingerprint density at radius 2 is 2.18 bits per heavy atom. The molecule has 0 aliphatic heterocycles. The highest BCUT2D eigenvalue weighted by atomic mass is 35.5. The molecule has 1 amide bonds. The minimum Gasteiger partial charge on any atom is -0.506 e. The van der Waals surface area contributed by atoms with E-state index in [0.717, 1.165) is 0 Å². The second-order valence-electron chi connectivity index (χ2n) is 3.16. The van der Waals surface area contributed by atoms with E-state index in [9.17, 15) is 14.7 Å². The van der Waals surface area contributed by atoms with Crippen LogP contribution in [-0.4, -0.2) is 30.1 Å². The van der Waals surface area contributed by atoms with Crippen LogP contribution < -0.4 is 5.32 Å². The standard InChI is InChI=1S/C11H12ClNO4/c1-2-17-11(16)13-6-10(15)7-3-4-9(14)8(12)5-7/h3-5,14H,2,6H2,1H3,(H,13,16). The lowest BCUT2D eigenvalue weighted by atomic mass is 10.1. The first kappa shape index (κ1) is 13.3. The molecule has 1 aromatic carbocycles. The first-order chi connectivity index (χ1) is 8.04. The highest BCUT2D eigenvalue weighted by Crippen LogP contribution is 2.23. The Hall–Kier alpha value is -1.75.